The summed E-state index contributed by atoms with van der Waals surface area (Å²) in [5.41, 5.74) is 0. The van der Waals surface area contributed by atoms with Crippen LogP contribution in [0.5, 0.6) is 0 Å². The van der Waals surface area contributed by atoms with Gasteiger partial charge in [0.2, 0.25) is 5.91 Å². The van der Waals surface area contributed by atoms with Gasteiger partial charge in [-0.25, -0.2) is 0 Å². The fourth-order valence-electron chi connectivity index (χ4n) is 6.18. The topological polar surface area (TPSA) is 69.6 Å². The highest BCUT2D eigenvalue weighted by atomic mass is 16.3. The van der Waals surface area contributed by atoms with E-state index in [0.717, 1.165) is 38.5 Å². The van der Waals surface area contributed by atoms with Crippen molar-refractivity contribution in [1.82, 2.24) is 5.32 Å². The van der Waals surface area contributed by atoms with E-state index in [4.69, 9.17) is 0 Å². The molecule has 1 amide bonds. The normalized spacial score (nSPS) is 13.1. The zero-order chi connectivity index (χ0) is 32.2. The monoisotopic (exact) mass is 622 g/mol. The SMILES string of the molecule is CCCCCCCCCCCCCCCCCCCCCCCCCCCC/C=C/C(O)C(CO)NC(=O)CCCCCC. The number of aliphatic hydroxyl groups excluding tert-OH is 2. The first-order valence-corrected chi connectivity index (χ1v) is 19.9. The molecule has 0 aromatic carbocycles. The molecule has 44 heavy (non-hydrogen) atoms. The van der Waals surface area contributed by atoms with E-state index in [9.17, 15) is 15.0 Å². The molecule has 0 radical (unpaired) electrons. The van der Waals surface area contributed by atoms with Gasteiger partial charge in [-0.3, -0.25) is 4.79 Å². The van der Waals surface area contributed by atoms with Gasteiger partial charge in [0.25, 0.3) is 0 Å². The second kappa shape index (κ2) is 36.6. The number of carbonyl (C=O) groups excluding carboxylic acids is 1. The van der Waals surface area contributed by atoms with Crippen molar-refractivity contribution in [3.8, 4) is 0 Å². The maximum Gasteiger partial charge on any atom is 0.220 e. The maximum absolute atomic E-state index is 12.0. The minimum absolute atomic E-state index is 0.0805. The molecule has 0 aliphatic rings. The molecule has 0 aliphatic heterocycles. The van der Waals surface area contributed by atoms with Crippen LogP contribution in [-0.2, 0) is 4.79 Å². The van der Waals surface area contributed by atoms with Crippen molar-refractivity contribution in [2.45, 2.75) is 231 Å². The van der Waals surface area contributed by atoms with Crippen LogP contribution in [0.2, 0.25) is 0 Å². The van der Waals surface area contributed by atoms with Crippen LogP contribution in [0, 0.1) is 0 Å². The molecule has 262 valence electrons. The molecular weight excluding hydrogens is 542 g/mol. The molecule has 0 aromatic heterocycles. The average Bonchev–Trinajstić information content (AvgIpc) is 3.03. The third-order valence-corrected chi connectivity index (χ3v) is 9.27. The fourth-order valence-corrected chi connectivity index (χ4v) is 6.18. The molecule has 0 aliphatic carbocycles. The molecule has 4 heteroatoms. The Hall–Kier alpha value is -0.870. The predicted octanol–water partition coefficient (Wildman–Crippen LogP) is 11.9. The summed E-state index contributed by atoms with van der Waals surface area (Å²) in [5.74, 6) is -0.0805. The number of allylic oxidation sites excluding steroid dienone is 1. The van der Waals surface area contributed by atoms with Crippen LogP contribution in [0.3, 0.4) is 0 Å². The van der Waals surface area contributed by atoms with Gasteiger partial charge >= 0.3 is 0 Å². The van der Waals surface area contributed by atoms with E-state index >= 15 is 0 Å². The summed E-state index contributed by atoms with van der Waals surface area (Å²) < 4.78 is 0. The number of rotatable bonds is 36. The fraction of sp³-hybridized carbons (Fsp3) is 0.925. The van der Waals surface area contributed by atoms with E-state index in [-0.39, 0.29) is 12.5 Å². The first-order chi connectivity index (χ1) is 21.7. The lowest BCUT2D eigenvalue weighted by molar-refractivity contribution is -0.123. The Morgan fingerprint density at radius 2 is 0.841 bits per heavy atom. The first kappa shape index (κ1) is 43.1. The van der Waals surface area contributed by atoms with Crippen LogP contribution in [0.4, 0.5) is 0 Å². The van der Waals surface area contributed by atoms with Crippen molar-refractivity contribution in [3.63, 3.8) is 0 Å². The maximum atomic E-state index is 12.0. The molecule has 0 aromatic rings. The van der Waals surface area contributed by atoms with Crippen LogP contribution in [-0.4, -0.2) is 34.9 Å². The summed E-state index contributed by atoms with van der Waals surface area (Å²) in [7, 11) is 0. The third kappa shape index (κ3) is 32.5. The Bertz CT molecular complexity index is 593. The number of amides is 1. The number of hydrogen-bond acceptors (Lipinski definition) is 3. The third-order valence-electron chi connectivity index (χ3n) is 9.27. The Morgan fingerprint density at radius 3 is 1.18 bits per heavy atom. The summed E-state index contributed by atoms with van der Waals surface area (Å²) in [4.78, 5) is 12.0. The average molecular weight is 622 g/mol. The van der Waals surface area contributed by atoms with Gasteiger partial charge < -0.3 is 15.5 Å². The van der Waals surface area contributed by atoms with Crippen LogP contribution in [0.1, 0.15) is 219 Å². The van der Waals surface area contributed by atoms with Gasteiger partial charge in [0.15, 0.2) is 0 Å². The van der Waals surface area contributed by atoms with Gasteiger partial charge in [-0.05, 0) is 19.3 Å². The highest BCUT2D eigenvalue weighted by molar-refractivity contribution is 5.76. The molecule has 3 N–H and O–H groups in total. The van der Waals surface area contributed by atoms with Crippen molar-refractivity contribution in [3.05, 3.63) is 12.2 Å². The molecule has 0 spiro atoms. The lowest BCUT2D eigenvalue weighted by Gasteiger charge is -2.19. The summed E-state index contributed by atoms with van der Waals surface area (Å²) in [6.07, 6.45) is 45.2. The standard InChI is InChI=1S/C40H79NO3/c1-3-5-7-9-10-11-12-13-14-15-16-17-18-19-20-21-22-23-24-25-26-27-28-29-30-31-32-33-35-39(43)38(37-42)41-40(44)36-34-8-6-4-2/h33,35,38-39,42-43H,3-32,34,36-37H2,1-2H3,(H,41,44)/b35-33+. The number of aliphatic hydroxyl groups is 2. The summed E-state index contributed by atoms with van der Waals surface area (Å²) >= 11 is 0. The van der Waals surface area contributed by atoms with Crippen molar-refractivity contribution in [2.24, 2.45) is 0 Å². The number of hydrogen-bond donors (Lipinski definition) is 3. The Labute approximate surface area is 276 Å². The van der Waals surface area contributed by atoms with E-state index < -0.39 is 12.1 Å². The van der Waals surface area contributed by atoms with Crippen molar-refractivity contribution in [1.29, 1.82) is 0 Å². The molecule has 4 nitrogen and oxygen atoms in total. The van der Waals surface area contributed by atoms with Crippen molar-refractivity contribution < 1.29 is 15.0 Å². The van der Waals surface area contributed by atoms with Gasteiger partial charge in [-0.2, -0.15) is 0 Å². The van der Waals surface area contributed by atoms with E-state index in [1.54, 1.807) is 6.08 Å². The molecule has 2 atom stereocenters. The second-order valence-electron chi connectivity index (χ2n) is 13.7. The molecule has 0 bridgehead atoms. The quantitative estimate of drug-likeness (QED) is 0.0481. The van der Waals surface area contributed by atoms with E-state index in [1.165, 1.54) is 161 Å². The van der Waals surface area contributed by atoms with Gasteiger partial charge in [0.1, 0.15) is 0 Å². The molecule has 2 unspecified atom stereocenters. The van der Waals surface area contributed by atoms with Gasteiger partial charge in [-0.1, -0.05) is 206 Å². The highest BCUT2D eigenvalue weighted by Crippen LogP contribution is 2.16. The van der Waals surface area contributed by atoms with Gasteiger partial charge in [0, 0.05) is 6.42 Å². The van der Waals surface area contributed by atoms with Crippen LogP contribution < -0.4 is 5.32 Å². The lowest BCUT2D eigenvalue weighted by atomic mass is 10.0. The number of carbonyl (C=O) groups is 1. The minimum Gasteiger partial charge on any atom is -0.394 e. The Morgan fingerprint density at radius 1 is 0.523 bits per heavy atom. The van der Waals surface area contributed by atoms with E-state index in [2.05, 4.69) is 19.2 Å². The van der Waals surface area contributed by atoms with Gasteiger partial charge in [0.05, 0.1) is 18.8 Å². The largest absolute Gasteiger partial charge is 0.394 e. The van der Waals surface area contributed by atoms with E-state index in [1.807, 2.05) is 6.08 Å². The van der Waals surface area contributed by atoms with Crippen molar-refractivity contribution in [2.75, 3.05) is 6.61 Å². The molecule has 0 rings (SSSR count). The number of unbranched alkanes of at least 4 members (excludes halogenated alkanes) is 29. The zero-order valence-electron chi connectivity index (χ0n) is 29.9. The zero-order valence-corrected chi connectivity index (χ0v) is 29.9. The van der Waals surface area contributed by atoms with E-state index in [0.29, 0.717) is 6.42 Å². The number of nitrogens with one attached hydrogen (secondary N) is 1. The summed E-state index contributed by atoms with van der Waals surface area (Å²) in [5, 5.41) is 22.6. The molecular formula is C40H79NO3. The van der Waals surface area contributed by atoms with Gasteiger partial charge in [-0.15, -0.1) is 0 Å². The van der Waals surface area contributed by atoms with Crippen LogP contribution >= 0.6 is 0 Å². The Balaban J connectivity index is 3.35. The second-order valence-corrected chi connectivity index (χ2v) is 13.7. The molecule has 0 saturated heterocycles. The highest BCUT2D eigenvalue weighted by Gasteiger charge is 2.17. The smallest absolute Gasteiger partial charge is 0.220 e. The molecule has 0 fully saturated rings. The summed E-state index contributed by atoms with van der Waals surface area (Å²) in [6, 6.07) is -0.612. The first-order valence-electron chi connectivity index (χ1n) is 19.9. The lowest BCUT2D eigenvalue weighted by Crippen LogP contribution is -2.45. The minimum atomic E-state index is -0.830. The Kier molecular flexibility index (Phi) is 35.9. The summed E-state index contributed by atoms with van der Waals surface area (Å²) in [6.45, 7) is 4.20. The molecule has 0 heterocycles. The van der Waals surface area contributed by atoms with Crippen LogP contribution in [0.15, 0.2) is 12.2 Å². The van der Waals surface area contributed by atoms with Crippen molar-refractivity contribution >= 4 is 5.91 Å². The predicted molar refractivity (Wildman–Crippen MR) is 193 cm³/mol. The molecule has 0 saturated carbocycles. The van der Waals surface area contributed by atoms with Crippen LogP contribution in [0.25, 0.3) is 0 Å².